The summed E-state index contributed by atoms with van der Waals surface area (Å²) in [5.41, 5.74) is 6.23. The Bertz CT molecular complexity index is 525. The number of rotatable bonds is 4. The quantitative estimate of drug-likeness (QED) is 0.630. The zero-order valence-electron chi connectivity index (χ0n) is 9.83. The highest BCUT2D eigenvalue weighted by Gasteiger charge is 2.06. The van der Waals surface area contributed by atoms with E-state index in [2.05, 4.69) is 17.2 Å². The molecule has 0 spiro atoms. The molecule has 0 unspecified atom stereocenters. The van der Waals surface area contributed by atoms with Gasteiger partial charge in [-0.25, -0.2) is 9.37 Å². The highest BCUT2D eigenvalue weighted by Crippen LogP contribution is 2.27. The van der Waals surface area contributed by atoms with Gasteiger partial charge in [-0.05, 0) is 24.6 Å². The second kappa shape index (κ2) is 4.99. The summed E-state index contributed by atoms with van der Waals surface area (Å²) < 4.78 is 13.3. The lowest BCUT2D eigenvalue weighted by Crippen LogP contribution is -2.04. The lowest BCUT2D eigenvalue weighted by atomic mass is 10.1. The molecule has 0 saturated heterocycles. The van der Waals surface area contributed by atoms with Crippen LogP contribution in [0.3, 0.4) is 0 Å². The van der Waals surface area contributed by atoms with Crippen LogP contribution in [0, 0.1) is 5.82 Å². The number of nitrogen functional groups attached to an aromatic ring is 1. The molecular weight excluding hydrogens is 217 g/mol. The number of nitrogens with zero attached hydrogens (tertiary/aromatic N) is 1. The van der Waals surface area contributed by atoms with Crippen molar-refractivity contribution in [1.82, 2.24) is 4.98 Å². The largest absolute Gasteiger partial charge is 0.398 e. The van der Waals surface area contributed by atoms with Crippen LogP contribution in [-0.4, -0.2) is 11.5 Å². The molecule has 3 N–H and O–H groups in total. The summed E-state index contributed by atoms with van der Waals surface area (Å²) in [7, 11) is 0. The monoisotopic (exact) mass is 233 g/mol. The van der Waals surface area contributed by atoms with Gasteiger partial charge in [0.2, 0.25) is 0 Å². The van der Waals surface area contributed by atoms with E-state index in [4.69, 9.17) is 5.73 Å². The summed E-state index contributed by atoms with van der Waals surface area (Å²) in [5, 5.41) is 4.78. The number of hydrogen-bond acceptors (Lipinski definition) is 3. The lowest BCUT2D eigenvalue weighted by molar-refractivity contribution is 0.630. The van der Waals surface area contributed by atoms with Crippen molar-refractivity contribution in [2.45, 2.75) is 19.8 Å². The van der Waals surface area contributed by atoms with Crippen LogP contribution >= 0.6 is 0 Å². The number of unbranched alkanes of at least 4 members (excludes halogenated alkanes) is 1. The number of pyridine rings is 1. The molecule has 0 aliphatic heterocycles. The first-order valence-electron chi connectivity index (χ1n) is 5.80. The van der Waals surface area contributed by atoms with Gasteiger partial charge in [0.1, 0.15) is 11.6 Å². The highest BCUT2D eigenvalue weighted by atomic mass is 19.1. The molecule has 0 aliphatic rings. The molecule has 3 nitrogen and oxygen atoms in total. The fourth-order valence-corrected chi connectivity index (χ4v) is 1.80. The van der Waals surface area contributed by atoms with Gasteiger partial charge in [0, 0.05) is 29.2 Å². The normalized spacial score (nSPS) is 10.7. The third kappa shape index (κ3) is 2.46. The third-order valence-electron chi connectivity index (χ3n) is 2.70. The number of benzene rings is 1. The van der Waals surface area contributed by atoms with Crippen molar-refractivity contribution in [3.8, 4) is 0 Å². The lowest BCUT2D eigenvalue weighted by Gasteiger charge is -2.09. The summed E-state index contributed by atoms with van der Waals surface area (Å²) in [6.45, 7) is 2.95. The van der Waals surface area contributed by atoms with Crippen molar-refractivity contribution in [1.29, 1.82) is 0 Å². The molecule has 0 radical (unpaired) electrons. The molecule has 90 valence electrons. The van der Waals surface area contributed by atoms with E-state index in [1.807, 2.05) is 0 Å². The minimum atomic E-state index is -0.332. The smallest absolute Gasteiger partial charge is 0.133 e. The van der Waals surface area contributed by atoms with E-state index < -0.39 is 0 Å². The maximum Gasteiger partial charge on any atom is 0.133 e. The van der Waals surface area contributed by atoms with Crippen molar-refractivity contribution in [2.24, 2.45) is 0 Å². The first-order chi connectivity index (χ1) is 8.22. The van der Waals surface area contributed by atoms with Crippen LogP contribution in [0.2, 0.25) is 0 Å². The second-order valence-corrected chi connectivity index (χ2v) is 4.03. The number of anilines is 2. The second-order valence-electron chi connectivity index (χ2n) is 4.03. The number of nitrogens with one attached hydrogen (secondary N) is 1. The van der Waals surface area contributed by atoms with Gasteiger partial charge in [-0.15, -0.1) is 0 Å². The summed E-state index contributed by atoms with van der Waals surface area (Å²) in [5.74, 6) is 0.365. The predicted molar refractivity (Wildman–Crippen MR) is 69.5 cm³/mol. The van der Waals surface area contributed by atoms with E-state index in [0.29, 0.717) is 11.5 Å². The number of fused-ring (bicyclic) bond motifs is 1. The maximum atomic E-state index is 13.3. The molecule has 4 heteroatoms. The number of aromatic nitrogens is 1. The Morgan fingerprint density at radius 1 is 1.35 bits per heavy atom. The van der Waals surface area contributed by atoms with E-state index in [1.165, 1.54) is 12.1 Å². The molecule has 0 bridgehead atoms. The van der Waals surface area contributed by atoms with Crippen LogP contribution in [0.25, 0.3) is 10.8 Å². The molecule has 1 aromatic carbocycles. The minimum absolute atomic E-state index is 0.332. The molecule has 0 saturated carbocycles. The van der Waals surface area contributed by atoms with Gasteiger partial charge in [0.25, 0.3) is 0 Å². The molecule has 17 heavy (non-hydrogen) atoms. The molecule has 1 heterocycles. The van der Waals surface area contributed by atoms with E-state index in [-0.39, 0.29) is 5.82 Å². The van der Waals surface area contributed by atoms with Crippen LogP contribution in [-0.2, 0) is 0 Å². The van der Waals surface area contributed by atoms with Crippen LogP contribution in [0.15, 0.2) is 24.4 Å². The molecular formula is C13H16FN3. The van der Waals surface area contributed by atoms with Crippen molar-refractivity contribution in [3.05, 3.63) is 30.2 Å². The van der Waals surface area contributed by atoms with Crippen molar-refractivity contribution < 1.29 is 4.39 Å². The Balaban J connectivity index is 2.42. The van der Waals surface area contributed by atoms with Gasteiger partial charge < -0.3 is 11.1 Å². The van der Waals surface area contributed by atoms with Crippen LogP contribution in [0.1, 0.15) is 19.8 Å². The fourth-order valence-electron chi connectivity index (χ4n) is 1.80. The zero-order valence-corrected chi connectivity index (χ0v) is 9.83. The predicted octanol–water partition coefficient (Wildman–Crippen LogP) is 3.17. The van der Waals surface area contributed by atoms with Crippen LogP contribution in [0.5, 0.6) is 0 Å². The average Bonchev–Trinajstić information content (AvgIpc) is 2.30. The zero-order chi connectivity index (χ0) is 12.3. The maximum absolute atomic E-state index is 13.3. The highest BCUT2D eigenvalue weighted by molar-refractivity contribution is 5.99. The third-order valence-corrected chi connectivity index (χ3v) is 2.70. The Hall–Kier alpha value is -1.84. The Kier molecular flexibility index (Phi) is 3.42. The first-order valence-corrected chi connectivity index (χ1v) is 5.80. The van der Waals surface area contributed by atoms with Gasteiger partial charge in [0.15, 0.2) is 0 Å². The molecule has 1 aromatic heterocycles. The van der Waals surface area contributed by atoms with Gasteiger partial charge in [-0.3, -0.25) is 0 Å². The summed E-state index contributed by atoms with van der Waals surface area (Å²) in [6.07, 6.45) is 3.85. The molecule has 0 aliphatic carbocycles. The molecule has 0 amide bonds. The van der Waals surface area contributed by atoms with Crippen molar-refractivity contribution in [2.75, 3.05) is 17.6 Å². The average molecular weight is 233 g/mol. The SMILES string of the molecule is CCCCNc1nccc2c(N)cc(F)cc12. The van der Waals surface area contributed by atoms with Crippen LogP contribution < -0.4 is 11.1 Å². The van der Waals surface area contributed by atoms with E-state index in [1.54, 1.807) is 12.3 Å². The van der Waals surface area contributed by atoms with Gasteiger partial charge in [-0.2, -0.15) is 0 Å². The summed E-state index contributed by atoms with van der Waals surface area (Å²) in [6, 6.07) is 4.60. The molecule has 2 rings (SSSR count). The van der Waals surface area contributed by atoms with Crippen molar-refractivity contribution in [3.63, 3.8) is 0 Å². The van der Waals surface area contributed by atoms with Gasteiger partial charge in [0.05, 0.1) is 0 Å². The van der Waals surface area contributed by atoms with Gasteiger partial charge >= 0.3 is 0 Å². The molecule has 0 fully saturated rings. The van der Waals surface area contributed by atoms with E-state index in [0.717, 1.165) is 30.2 Å². The number of halogens is 1. The summed E-state index contributed by atoms with van der Waals surface area (Å²) >= 11 is 0. The van der Waals surface area contributed by atoms with Crippen LogP contribution in [0.4, 0.5) is 15.9 Å². The van der Waals surface area contributed by atoms with Crippen molar-refractivity contribution >= 4 is 22.3 Å². The Morgan fingerprint density at radius 3 is 2.94 bits per heavy atom. The molecule has 2 aromatic rings. The minimum Gasteiger partial charge on any atom is -0.398 e. The Morgan fingerprint density at radius 2 is 2.18 bits per heavy atom. The van der Waals surface area contributed by atoms with Gasteiger partial charge in [-0.1, -0.05) is 13.3 Å². The number of hydrogen-bond donors (Lipinski definition) is 2. The first kappa shape index (κ1) is 11.6. The topological polar surface area (TPSA) is 50.9 Å². The fraction of sp³-hybridized carbons (Fsp3) is 0.308. The van der Waals surface area contributed by atoms with E-state index >= 15 is 0 Å². The standard InChI is InChI=1S/C13H16FN3/c1-2-3-5-16-13-11-7-9(14)8-12(15)10(11)4-6-17-13/h4,6-8H,2-3,5,15H2,1H3,(H,16,17). The summed E-state index contributed by atoms with van der Waals surface area (Å²) in [4.78, 5) is 4.23. The molecule has 0 atom stereocenters. The Labute approximate surface area is 99.8 Å². The van der Waals surface area contributed by atoms with E-state index in [9.17, 15) is 4.39 Å². The number of nitrogens with two attached hydrogens (primary N) is 1.